The predicted octanol–water partition coefficient (Wildman–Crippen LogP) is 0.0808. The molecule has 1 amide bonds. The number of nitrogens with zero attached hydrogens (tertiary/aromatic N) is 3. The molecule has 0 aromatic heterocycles. The molecule has 0 spiro atoms. The minimum atomic E-state index is -0.0918. The van der Waals surface area contributed by atoms with E-state index in [0.29, 0.717) is 13.0 Å². The van der Waals surface area contributed by atoms with Crippen LogP contribution in [0.25, 0.3) is 0 Å². The summed E-state index contributed by atoms with van der Waals surface area (Å²) in [6.07, 6.45) is 1.40. The molecule has 1 atom stereocenters. The molecule has 5 nitrogen and oxygen atoms in total. The number of ether oxygens (including phenoxy) is 1. The molecule has 2 heterocycles. The summed E-state index contributed by atoms with van der Waals surface area (Å²) in [5, 5.41) is 8.78. The molecule has 5 heteroatoms. The van der Waals surface area contributed by atoms with Gasteiger partial charge in [-0.2, -0.15) is 5.26 Å². The van der Waals surface area contributed by atoms with Gasteiger partial charge in [0.2, 0.25) is 5.91 Å². The Morgan fingerprint density at radius 3 is 2.76 bits per heavy atom. The quantitative estimate of drug-likeness (QED) is 0.695. The fourth-order valence-electron chi connectivity index (χ4n) is 2.38. The first-order chi connectivity index (χ1) is 8.29. The van der Waals surface area contributed by atoms with E-state index >= 15 is 0 Å². The zero-order chi connectivity index (χ0) is 12.1. The van der Waals surface area contributed by atoms with Crippen LogP contribution in [0.2, 0.25) is 0 Å². The lowest BCUT2D eigenvalue weighted by molar-refractivity contribution is -0.127. The Balaban J connectivity index is 1.65. The number of rotatable bonds is 4. The van der Waals surface area contributed by atoms with E-state index in [1.54, 1.807) is 0 Å². The highest BCUT2D eigenvalue weighted by atomic mass is 16.5. The van der Waals surface area contributed by atoms with Crippen molar-refractivity contribution in [1.29, 1.82) is 5.26 Å². The summed E-state index contributed by atoms with van der Waals surface area (Å²) in [6.45, 7) is 6.05. The standard InChI is InChI=1S/C12H19N3O2/c13-9-11-8-12(16)15(10-11)3-1-2-14-4-6-17-7-5-14/h11H,1-8,10H2. The molecule has 0 radical (unpaired) electrons. The molecule has 0 bridgehead atoms. The maximum Gasteiger partial charge on any atom is 0.224 e. The molecule has 2 aliphatic rings. The molecule has 2 rings (SSSR count). The number of hydrogen-bond acceptors (Lipinski definition) is 4. The van der Waals surface area contributed by atoms with Crippen LogP contribution in [-0.2, 0) is 9.53 Å². The third-order valence-corrected chi connectivity index (χ3v) is 3.40. The van der Waals surface area contributed by atoms with Crippen molar-refractivity contribution in [2.24, 2.45) is 5.92 Å². The molecule has 94 valence electrons. The maximum atomic E-state index is 11.6. The average Bonchev–Trinajstić information content (AvgIpc) is 2.72. The molecule has 2 aliphatic heterocycles. The van der Waals surface area contributed by atoms with E-state index in [4.69, 9.17) is 10.00 Å². The van der Waals surface area contributed by atoms with E-state index in [2.05, 4.69) is 11.0 Å². The van der Waals surface area contributed by atoms with Gasteiger partial charge in [-0.05, 0) is 6.42 Å². The Morgan fingerprint density at radius 2 is 2.12 bits per heavy atom. The van der Waals surface area contributed by atoms with Crippen LogP contribution in [0.3, 0.4) is 0 Å². The van der Waals surface area contributed by atoms with Crippen molar-refractivity contribution in [2.75, 3.05) is 45.9 Å². The molecular weight excluding hydrogens is 218 g/mol. The molecule has 0 saturated carbocycles. The molecule has 0 aliphatic carbocycles. The van der Waals surface area contributed by atoms with Crippen molar-refractivity contribution in [1.82, 2.24) is 9.80 Å². The van der Waals surface area contributed by atoms with Gasteiger partial charge in [-0.1, -0.05) is 0 Å². The maximum absolute atomic E-state index is 11.6. The van der Waals surface area contributed by atoms with Crippen LogP contribution in [-0.4, -0.2) is 61.6 Å². The Labute approximate surface area is 102 Å². The van der Waals surface area contributed by atoms with E-state index in [1.165, 1.54) is 0 Å². The van der Waals surface area contributed by atoms with Gasteiger partial charge in [0.25, 0.3) is 0 Å². The second kappa shape index (κ2) is 5.99. The monoisotopic (exact) mass is 237 g/mol. The zero-order valence-electron chi connectivity index (χ0n) is 10.1. The summed E-state index contributed by atoms with van der Waals surface area (Å²) in [6, 6.07) is 2.17. The Hall–Kier alpha value is -1.12. The van der Waals surface area contributed by atoms with Crippen LogP contribution >= 0.6 is 0 Å². The highest BCUT2D eigenvalue weighted by molar-refractivity contribution is 5.79. The summed E-state index contributed by atoms with van der Waals surface area (Å²) in [5.74, 6) is 0.0458. The van der Waals surface area contributed by atoms with Gasteiger partial charge in [-0.25, -0.2) is 0 Å². The predicted molar refractivity (Wildman–Crippen MR) is 62.2 cm³/mol. The van der Waals surface area contributed by atoms with Gasteiger partial charge in [0.1, 0.15) is 0 Å². The largest absolute Gasteiger partial charge is 0.379 e. The number of carbonyl (C=O) groups is 1. The van der Waals surface area contributed by atoms with Crippen molar-refractivity contribution >= 4 is 5.91 Å². The highest BCUT2D eigenvalue weighted by Gasteiger charge is 2.28. The minimum Gasteiger partial charge on any atom is -0.379 e. The van der Waals surface area contributed by atoms with Gasteiger partial charge in [0.05, 0.1) is 25.2 Å². The van der Waals surface area contributed by atoms with Gasteiger partial charge < -0.3 is 9.64 Å². The smallest absolute Gasteiger partial charge is 0.224 e. The number of hydrogen-bond donors (Lipinski definition) is 0. The molecular formula is C12H19N3O2. The molecule has 0 N–H and O–H groups in total. The molecule has 0 aromatic carbocycles. The lowest BCUT2D eigenvalue weighted by Crippen LogP contribution is -2.38. The molecule has 2 saturated heterocycles. The number of morpholine rings is 1. The number of amides is 1. The Kier molecular flexibility index (Phi) is 4.35. The van der Waals surface area contributed by atoms with Gasteiger partial charge in [-0.3, -0.25) is 9.69 Å². The molecule has 0 aromatic rings. The first kappa shape index (κ1) is 12.3. The Morgan fingerprint density at radius 1 is 1.35 bits per heavy atom. The normalized spacial score (nSPS) is 26.2. The van der Waals surface area contributed by atoms with Crippen LogP contribution in [0.5, 0.6) is 0 Å². The van der Waals surface area contributed by atoms with Crippen molar-refractivity contribution in [2.45, 2.75) is 12.8 Å². The average molecular weight is 237 g/mol. The van der Waals surface area contributed by atoms with Crippen molar-refractivity contribution in [3.05, 3.63) is 0 Å². The third kappa shape index (κ3) is 3.42. The fourth-order valence-corrected chi connectivity index (χ4v) is 2.38. The number of likely N-dealkylation sites (tertiary alicyclic amines) is 1. The zero-order valence-corrected chi connectivity index (χ0v) is 10.1. The first-order valence-corrected chi connectivity index (χ1v) is 6.27. The van der Waals surface area contributed by atoms with Gasteiger partial charge in [0.15, 0.2) is 0 Å². The van der Waals surface area contributed by atoms with E-state index < -0.39 is 0 Å². The lowest BCUT2D eigenvalue weighted by Gasteiger charge is -2.27. The lowest BCUT2D eigenvalue weighted by atomic mass is 10.1. The highest BCUT2D eigenvalue weighted by Crippen LogP contribution is 2.16. The van der Waals surface area contributed by atoms with Crippen LogP contribution in [0.15, 0.2) is 0 Å². The first-order valence-electron chi connectivity index (χ1n) is 6.27. The van der Waals surface area contributed by atoms with Gasteiger partial charge in [0, 0.05) is 39.1 Å². The van der Waals surface area contributed by atoms with Gasteiger partial charge in [-0.15, -0.1) is 0 Å². The Bertz CT molecular complexity index is 307. The summed E-state index contributed by atoms with van der Waals surface area (Å²) in [4.78, 5) is 15.8. The number of carbonyl (C=O) groups excluding carboxylic acids is 1. The molecule has 17 heavy (non-hydrogen) atoms. The third-order valence-electron chi connectivity index (χ3n) is 3.40. The van der Waals surface area contributed by atoms with Crippen molar-refractivity contribution in [3.8, 4) is 6.07 Å². The molecule has 2 fully saturated rings. The van der Waals surface area contributed by atoms with E-state index in [0.717, 1.165) is 45.8 Å². The fraction of sp³-hybridized carbons (Fsp3) is 0.833. The second-order valence-corrected chi connectivity index (χ2v) is 4.68. The van der Waals surface area contributed by atoms with Crippen LogP contribution < -0.4 is 0 Å². The summed E-state index contributed by atoms with van der Waals surface area (Å²) in [5.41, 5.74) is 0. The topological polar surface area (TPSA) is 56.6 Å². The minimum absolute atomic E-state index is 0.0918. The summed E-state index contributed by atoms with van der Waals surface area (Å²) < 4.78 is 5.28. The van der Waals surface area contributed by atoms with Crippen LogP contribution in [0.1, 0.15) is 12.8 Å². The van der Waals surface area contributed by atoms with E-state index in [9.17, 15) is 4.79 Å². The summed E-state index contributed by atoms with van der Waals surface area (Å²) in [7, 11) is 0. The van der Waals surface area contributed by atoms with Gasteiger partial charge >= 0.3 is 0 Å². The summed E-state index contributed by atoms with van der Waals surface area (Å²) >= 11 is 0. The second-order valence-electron chi connectivity index (χ2n) is 4.68. The number of nitriles is 1. The van der Waals surface area contributed by atoms with Crippen molar-refractivity contribution in [3.63, 3.8) is 0 Å². The van der Waals surface area contributed by atoms with Crippen LogP contribution in [0.4, 0.5) is 0 Å². The van der Waals surface area contributed by atoms with E-state index in [1.807, 2.05) is 4.90 Å². The van der Waals surface area contributed by atoms with Crippen LogP contribution in [0, 0.1) is 17.2 Å². The van der Waals surface area contributed by atoms with E-state index in [-0.39, 0.29) is 11.8 Å². The van der Waals surface area contributed by atoms with Crippen molar-refractivity contribution < 1.29 is 9.53 Å². The molecule has 1 unspecified atom stereocenters. The SMILES string of the molecule is N#CC1CC(=O)N(CCCN2CCOCC2)C1.